The van der Waals surface area contributed by atoms with Crippen LogP contribution in [0.1, 0.15) is 21.5 Å². The first kappa shape index (κ1) is 12.7. The Balaban J connectivity index is 2.16. The summed E-state index contributed by atoms with van der Waals surface area (Å²) in [5.41, 5.74) is 3.69. The van der Waals surface area contributed by atoms with Gasteiger partial charge in [-0.1, -0.05) is 17.7 Å². The second kappa shape index (κ2) is 5.23. The summed E-state index contributed by atoms with van der Waals surface area (Å²) < 4.78 is 0. The maximum atomic E-state index is 12.0. The Morgan fingerprint density at radius 2 is 1.67 bits per heavy atom. The van der Waals surface area contributed by atoms with Gasteiger partial charge in [0.1, 0.15) is 0 Å². The second-order valence-corrected chi connectivity index (χ2v) is 4.70. The fraction of sp³-hybridized carbons (Fsp3) is 0.133. The van der Waals surface area contributed by atoms with Crippen LogP contribution in [0.25, 0.3) is 0 Å². The lowest BCUT2D eigenvalue weighted by Gasteiger charge is -2.07. The van der Waals surface area contributed by atoms with Crippen molar-refractivity contribution in [1.82, 2.24) is 0 Å². The second-order valence-electron chi connectivity index (χ2n) is 4.26. The first-order valence-corrected chi connectivity index (χ1v) is 6.08. The Bertz CT molecular complexity index is 576. The molecule has 0 unspecified atom stereocenters. The van der Waals surface area contributed by atoms with Crippen molar-refractivity contribution in [3.8, 4) is 0 Å². The summed E-state index contributed by atoms with van der Waals surface area (Å²) in [6, 6.07) is 12.7. The molecule has 0 saturated heterocycles. The molecule has 1 N–H and O–H groups in total. The zero-order valence-corrected chi connectivity index (χ0v) is 11.1. The standard InChI is InChI=1S/C15H14ClNO/c1-10-3-4-12(9-11(10)2)15(18)17-14-7-5-13(16)6-8-14/h3-9H,1-2H3,(H,17,18). The summed E-state index contributed by atoms with van der Waals surface area (Å²) in [4.78, 5) is 12.0. The monoisotopic (exact) mass is 259 g/mol. The average Bonchev–Trinajstić information content (AvgIpc) is 2.35. The summed E-state index contributed by atoms with van der Waals surface area (Å²) in [7, 11) is 0. The van der Waals surface area contributed by atoms with E-state index in [1.54, 1.807) is 24.3 Å². The molecule has 0 saturated carbocycles. The molecule has 0 aromatic heterocycles. The third-order valence-electron chi connectivity index (χ3n) is 2.87. The van der Waals surface area contributed by atoms with Gasteiger partial charge in [-0.2, -0.15) is 0 Å². The van der Waals surface area contributed by atoms with Gasteiger partial charge in [0.05, 0.1) is 0 Å². The van der Waals surface area contributed by atoms with Crippen LogP contribution in [0.15, 0.2) is 42.5 Å². The number of amides is 1. The number of carbonyl (C=O) groups is 1. The van der Waals surface area contributed by atoms with Gasteiger partial charge in [-0.15, -0.1) is 0 Å². The molecule has 0 atom stereocenters. The number of anilines is 1. The van der Waals surface area contributed by atoms with E-state index in [0.717, 1.165) is 11.3 Å². The third-order valence-corrected chi connectivity index (χ3v) is 3.12. The summed E-state index contributed by atoms with van der Waals surface area (Å²) >= 11 is 5.79. The zero-order valence-electron chi connectivity index (χ0n) is 10.3. The van der Waals surface area contributed by atoms with Crippen molar-refractivity contribution in [2.45, 2.75) is 13.8 Å². The number of benzene rings is 2. The van der Waals surface area contributed by atoms with Gasteiger partial charge in [0, 0.05) is 16.3 Å². The molecule has 0 bridgehead atoms. The van der Waals surface area contributed by atoms with Crippen LogP contribution in [0.3, 0.4) is 0 Å². The molecule has 2 aromatic carbocycles. The maximum absolute atomic E-state index is 12.0. The highest BCUT2D eigenvalue weighted by Crippen LogP contribution is 2.15. The van der Waals surface area contributed by atoms with Crippen LogP contribution in [0.4, 0.5) is 5.69 Å². The lowest BCUT2D eigenvalue weighted by molar-refractivity contribution is 0.102. The maximum Gasteiger partial charge on any atom is 0.255 e. The van der Waals surface area contributed by atoms with Crippen LogP contribution in [0.5, 0.6) is 0 Å². The Morgan fingerprint density at radius 3 is 2.28 bits per heavy atom. The van der Waals surface area contributed by atoms with Crippen molar-refractivity contribution >= 4 is 23.2 Å². The number of carbonyl (C=O) groups excluding carboxylic acids is 1. The normalized spacial score (nSPS) is 10.2. The van der Waals surface area contributed by atoms with Crippen LogP contribution >= 0.6 is 11.6 Å². The fourth-order valence-electron chi connectivity index (χ4n) is 1.62. The van der Waals surface area contributed by atoms with E-state index < -0.39 is 0 Å². The summed E-state index contributed by atoms with van der Waals surface area (Å²) in [6.45, 7) is 4.02. The predicted molar refractivity (Wildman–Crippen MR) is 75.3 cm³/mol. The Kier molecular flexibility index (Phi) is 3.68. The first-order valence-electron chi connectivity index (χ1n) is 5.70. The molecule has 2 aromatic rings. The van der Waals surface area contributed by atoms with Crippen LogP contribution in [-0.2, 0) is 0 Å². The van der Waals surface area contributed by atoms with Crippen LogP contribution in [-0.4, -0.2) is 5.91 Å². The summed E-state index contributed by atoms with van der Waals surface area (Å²) in [6.07, 6.45) is 0. The molecular formula is C15H14ClNO. The molecule has 3 heteroatoms. The molecule has 0 fully saturated rings. The van der Waals surface area contributed by atoms with Crippen molar-refractivity contribution in [2.24, 2.45) is 0 Å². The van der Waals surface area contributed by atoms with Crippen molar-refractivity contribution in [3.63, 3.8) is 0 Å². The topological polar surface area (TPSA) is 29.1 Å². The molecule has 0 heterocycles. The van der Waals surface area contributed by atoms with Crippen molar-refractivity contribution in [3.05, 3.63) is 64.2 Å². The number of rotatable bonds is 2. The number of aryl methyl sites for hydroxylation is 2. The Labute approximate surface area is 112 Å². The highest BCUT2D eigenvalue weighted by Gasteiger charge is 2.06. The van der Waals surface area contributed by atoms with E-state index >= 15 is 0 Å². The quantitative estimate of drug-likeness (QED) is 0.860. The molecule has 92 valence electrons. The molecule has 2 nitrogen and oxygen atoms in total. The molecule has 0 spiro atoms. The first-order chi connectivity index (χ1) is 8.56. The van der Waals surface area contributed by atoms with E-state index in [9.17, 15) is 4.79 Å². The molecule has 0 aliphatic carbocycles. The predicted octanol–water partition coefficient (Wildman–Crippen LogP) is 4.21. The van der Waals surface area contributed by atoms with Gasteiger partial charge in [0.2, 0.25) is 0 Å². The lowest BCUT2D eigenvalue weighted by Crippen LogP contribution is -2.12. The van der Waals surface area contributed by atoms with E-state index in [1.165, 1.54) is 5.56 Å². The summed E-state index contributed by atoms with van der Waals surface area (Å²) in [5.74, 6) is -0.111. The number of hydrogen-bond donors (Lipinski definition) is 1. The average molecular weight is 260 g/mol. The molecule has 0 aliphatic heterocycles. The summed E-state index contributed by atoms with van der Waals surface area (Å²) in [5, 5.41) is 3.49. The third kappa shape index (κ3) is 2.90. The molecule has 2 rings (SSSR count). The molecule has 0 aliphatic rings. The van der Waals surface area contributed by atoms with E-state index in [0.29, 0.717) is 10.6 Å². The van der Waals surface area contributed by atoms with Gasteiger partial charge < -0.3 is 5.32 Å². The van der Waals surface area contributed by atoms with Crippen molar-refractivity contribution < 1.29 is 4.79 Å². The van der Waals surface area contributed by atoms with Crippen LogP contribution < -0.4 is 5.32 Å². The van der Waals surface area contributed by atoms with Crippen molar-refractivity contribution in [2.75, 3.05) is 5.32 Å². The fourth-order valence-corrected chi connectivity index (χ4v) is 1.75. The van der Waals surface area contributed by atoms with E-state index in [1.807, 2.05) is 32.0 Å². The Hall–Kier alpha value is -1.80. The van der Waals surface area contributed by atoms with Crippen LogP contribution in [0, 0.1) is 13.8 Å². The van der Waals surface area contributed by atoms with Crippen LogP contribution in [0.2, 0.25) is 5.02 Å². The van der Waals surface area contributed by atoms with Gasteiger partial charge in [-0.05, 0) is 61.4 Å². The molecule has 0 radical (unpaired) electrons. The number of halogens is 1. The SMILES string of the molecule is Cc1ccc(C(=O)Nc2ccc(Cl)cc2)cc1C. The van der Waals surface area contributed by atoms with Gasteiger partial charge in [0.15, 0.2) is 0 Å². The van der Waals surface area contributed by atoms with Crippen molar-refractivity contribution in [1.29, 1.82) is 0 Å². The minimum Gasteiger partial charge on any atom is -0.322 e. The largest absolute Gasteiger partial charge is 0.322 e. The van der Waals surface area contributed by atoms with Gasteiger partial charge in [-0.25, -0.2) is 0 Å². The molecule has 1 amide bonds. The smallest absolute Gasteiger partial charge is 0.255 e. The highest BCUT2D eigenvalue weighted by molar-refractivity contribution is 6.30. The highest BCUT2D eigenvalue weighted by atomic mass is 35.5. The van der Waals surface area contributed by atoms with E-state index in [2.05, 4.69) is 5.32 Å². The molecule has 18 heavy (non-hydrogen) atoms. The zero-order chi connectivity index (χ0) is 13.1. The number of hydrogen-bond acceptors (Lipinski definition) is 1. The van der Waals surface area contributed by atoms with Gasteiger partial charge in [0.25, 0.3) is 5.91 Å². The lowest BCUT2D eigenvalue weighted by atomic mass is 10.1. The molecular weight excluding hydrogens is 246 g/mol. The van der Waals surface area contributed by atoms with E-state index in [-0.39, 0.29) is 5.91 Å². The van der Waals surface area contributed by atoms with Gasteiger partial charge in [-0.3, -0.25) is 4.79 Å². The minimum absolute atomic E-state index is 0.111. The minimum atomic E-state index is -0.111. The van der Waals surface area contributed by atoms with E-state index in [4.69, 9.17) is 11.6 Å². The number of nitrogens with one attached hydrogen (secondary N) is 1. The Morgan fingerprint density at radius 1 is 1.00 bits per heavy atom. The van der Waals surface area contributed by atoms with Gasteiger partial charge >= 0.3 is 0 Å².